The smallest absolute Gasteiger partial charge is 0.0856 e. The van der Waals surface area contributed by atoms with Gasteiger partial charge in [0.2, 0.25) is 0 Å². The fraction of sp³-hybridized carbons (Fsp3) is 1.00. The topological polar surface area (TPSA) is 107 Å². The fourth-order valence-corrected chi connectivity index (χ4v) is 0.150. The van der Waals surface area contributed by atoms with Crippen molar-refractivity contribution >= 4 is 11.9 Å². The van der Waals surface area contributed by atoms with E-state index in [-0.39, 0.29) is 0 Å². The summed E-state index contributed by atoms with van der Waals surface area (Å²) < 4.78 is 6.47. The highest BCUT2D eigenvalue weighted by molar-refractivity contribution is 6.04. The van der Waals surface area contributed by atoms with E-state index >= 15 is 0 Å². The van der Waals surface area contributed by atoms with Gasteiger partial charge in [-0.15, -0.1) is 0 Å². The second kappa shape index (κ2) is 7.20. The first-order valence-electron chi connectivity index (χ1n) is 2.47. The summed E-state index contributed by atoms with van der Waals surface area (Å²) in [5.41, 5.74) is 3.94. The van der Waals surface area contributed by atoms with Gasteiger partial charge in [0, 0.05) is 0 Å². The molecule has 0 aliphatic rings. The highest BCUT2D eigenvalue weighted by atomic mass is 35.5. The lowest BCUT2D eigenvalue weighted by Gasteiger charge is -2.20. The monoisotopic (exact) mass is 173 g/mol. The zero-order valence-electron chi connectivity index (χ0n) is 5.37. The number of aliphatic hydroxyl groups is 3. The first kappa shape index (κ1) is 12.7. The molecule has 0 unspecified atom stereocenters. The second-order valence-electron chi connectivity index (χ2n) is 1.84. The van der Waals surface area contributed by atoms with Crippen molar-refractivity contribution in [3.8, 4) is 0 Å². The standard InChI is InChI=1S/C4H11NO3.ClHO/c5-4(1-6,2-7)3-8;1-2/h6-8H,1-3,5H2;2H. The first-order valence-corrected chi connectivity index (χ1v) is 2.81. The van der Waals surface area contributed by atoms with Crippen LogP contribution in [0.2, 0.25) is 0 Å². The highest BCUT2D eigenvalue weighted by Gasteiger charge is 2.20. The van der Waals surface area contributed by atoms with Gasteiger partial charge in [0.25, 0.3) is 0 Å². The lowest BCUT2D eigenvalue weighted by molar-refractivity contribution is 0.0698. The number of aliphatic hydroxyl groups excluding tert-OH is 3. The molecular formula is C4H12ClNO4. The zero-order valence-corrected chi connectivity index (χ0v) is 6.12. The lowest BCUT2D eigenvalue weighted by Crippen LogP contribution is -2.50. The summed E-state index contributed by atoms with van der Waals surface area (Å²) in [6, 6.07) is 0. The normalized spacial score (nSPS) is 10.2. The molecule has 0 amide bonds. The summed E-state index contributed by atoms with van der Waals surface area (Å²) in [6.45, 7) is -1.21. The molecule has 0 radical (unpaired) electrons. The van der Waals surface area contributed by atoms with Crippen molar-refractivity contribution in [3.63, 3.8) is 0 Å². The van der Waals surface area contributed by atoms with Crippen molar-refractivity contribution in [2.45, 2.75) is 5.54 Å². The summed E-state index contributed by atoms with van der Waals surface area (Å²) in [5.74, 6) is 0. The predicted octanol–water partition coefficient (Wildman–Crippen LogP) is -2.21. The molecule has 0 bridgehead atoms. The largest absolute Gasteiger partial charge is 0.394 e. The molecule has 5 nitrogen and oxygen atoms in total. The summed E-state index contributed by atoms with van der Waals surface area (Å²) in [4.78, 5) is 0. The van der Waals surface area contributed by atoms with E-state index in [9.17, 15) is 0 Å². The van der Waals surface area contributed by atoms with Crippen LogP contribution < -0.4 is 5.73 Å². The van der Waals surface area contributed by atoms with Gasteiger partial charge in [-0.25, -0.2) is 0 Å². The van der Waals surface area contributed by atoms with E-state index in [2.05, 4.69) is 11.9 Å². The third-order valence-corrected chi connectivity index (χ3v) is 0.945. The molecule has 0 aromatic carbocycles. The number of hydrogen-bond acceptors (Lipinski definition) is 5. The minimum atomic E-state index is -1.21. The SMILES string of the molecule is NC(CO)(CO)CO.OCl. The van der Waals surface area contributed by atoms with Crippen LogP contribution >= 0.6 is 11.9 Å². The van der Waals surface area contributed by atoms with Gasteiger partial charge in [0.15, 0.2) is 0 Å². The molecule has 0 rings (SSSR count). The molecule has 0 saturated carbocycles. The molecule has 0 atom stereocenters. The van der Waals surface area contributed by atoms with E-state index in [1.807, 2.05) is 0 Å². The van der Waals surface area contributed by atoms with Crippen molar-refractivity contribution < 1.29 is 20.0 Å². The molecular weight excluding hydrogens is 162 g/mol. The van der Waals surface area contributed by atoms with Crippen molar-refractivity contribution in [1.82, 2.24) is 0 Å². The molecule has 0 aromatic heterocycles. The van der Waals surface area contributed by atoms with Gasteiger partial charge in [-0.05, 0) is 0 Å². The highest BCUT2D eigenvalue weighted by Crippen LogP contribution is 1.93. The van der Waals surface area contributed by atoms with Gasteiger partial charge in [-0.3, -0.25) is 4.66 Å². The van der Waals surface area contributed by atoms with Crippen molar-refractivity contribution in [1.29, 1.82) is 0 Å². The molecule has 0 spiro atoms. The van der Waals surface area contributed by atoms with Crippen molar-refractivity contribution in [3.05, 3.63) is 0 Å². The van der Waals surface area contributed by atoms with E-state index in [0.717, 1.165) is 0 Å². The van der Waals surface area contributed by atoms with E-state index < -0.39 is 25.4 Å². The molecule has 0 saturated heterocycles. The average Bonchev–Trinajstić information content (AvgIpc) is 2.07. The van der Waals surface area contributed by atoms with Crippen LogP contribution in [0.1, 0.15) is 0 Å². The number of rotatable bonds is 3. The van der Waals surface area contributed by atoms with Crippen LogP contribution in [0.15, 0.2) is 0 Å². The number of halogens is 1. The van der Waals surface area contributed by atoms with Gasteiger partial charge in [-0.1, -0.05) is 0 Å². The van der Waals surface area contributed by atoms with Crippen LogP contribution in [0, 0.1) is 0 Å². The Bertz CT molecular complexity index is 60.0. The van der Waals surface area contributed by atoms with E-state index in [0.29, 0.717) is 0 Å². The first-order chi connectivity index (χ1) is 4.68. The second-order valence-corrected chi connectivity index (χ2v) is 1.84. The summed E-state index contributed by atoms with van der Waals surface area (Å²) >= 11 is 3.64. The van der Waals surface area contributed by atoms with E-state index in [1.165, 1.54) is 0 Å². The van der Waals surface area contributed by atoms with Crippen LogP contribution in [0.25, 0.3) is 0 Å². The molecule has 0 aliphatic carbocycles. The minimum Gasteiger partial charge on any atom is -0.394 e. The molecule has 0 heterocycles. The lowest BCUT2D eigenvalue weighted by atomic mass is 10.1. The maximum atomic E-state index is 8.34. The molecule has 0 aromatic rings. The molecule has 10 heavy (non-hydrogen) atoms. The Kier molecular flexibility index (Phi) is 9.17. The minimum absolute atomic E-state index is 0.403. The Hall–Kier alpha value is 0.0900. The van der Waals surface area contributed by atoms with E-state index in [1.54, 1.807) is 0 Å². The van der Waals surface area contributed by atoms with Crippen LogP contribution in [0.4, 0.5) is 0 Å². The summed E-state index contributed by atoms with van der Waals surface area (Å²) in [5, 5.41) is 25.0. The zero-order chi connectivity index (χ0) is 8.62. The summed E-state index contributed by atoms with van der Waals surface area (Å²) in [7, 11) is 0. The van der Waals surface area contributed by atoms with Crippen molar-refractivity contribution in [2.24, 2.45) is 5.73 Å². The van der Waals surface area contributed by atoms with Gasteiger partial charge in [0.1, 0.15) is 0 Å². The molecule has 0 fully saturated rings. The van der Waals surface area contributed by atoms with Crippen molar-refractivity contribution in [2.75, 3.05) is 19.8 Å². The van der Waals surface area contributed by atoms with Gasteiger partial charge in [0.05, 0.1) is 37.2 Å². The molecule has 6 heteroatoms. The maximum absolute atomic E-state index is 8.34. The Morgan fingerprint density at radius 3 is 1.20 bits per heavy atom. The van der Waals surface area contributed by atoms with Crippen LogP contribution in [0.5, 0.6) is 0 Å². The van der Waals surface area contributed by atoms with Gasteiger partial charge < -0.3 is 21.1 Å². The van der Waals surface area contributed by atoms with Gasteiger partial charge in [-0.2, -0.15) is 0 Å². The average molecular weight is 174 g/mol. The molecule has 64 valence electrons. The van der Waals surface area contributed by atoms with Crippen LogP contribution in [-0.4, -0.2) is 45.3 Å². The third kappa shape index (κ3) is 4.92. The molecule has 0 aliphatic heterocycles. The fourth-order valence-electron chi connectivity index (χ4n) is 0.150. The quantitative estimate of drug-likeness (QED) is 0.333. The molecule has 6 N–H and O–H groups in total. The van der Waals surface area contributed by atoms with Gasteiger partial charge >= 0.3 is 0 Å². The Balaban J connectivity index is 0. The van der Waals surface area contributed by atoms with Crippen LogP contribution in [0.3, 0.4) is 0 Å². The Labute approximate surface area is 63.8 Å². The van der Waals surface area contributed by atoms with Crippen LogP contribution in [-0.2, 0) is 0 Å². The van der Waals surface area contributed by atoms with E-state index in [4.69, 9.17) is 25.7 Å². The third-order valence-electron chi connectivity index (χ3n) is 0.945. The number of hydrogen-bond donors (Lipinski definition) is 5. The predicted molar refractivity (Wildman–Crippen MR) is 36.2 cm³/mol. The Morgan fingerprint density at radius 2 is 1.20 bits per heavy atom. The number of nitrogens with two attached hydrogens (primary N) is 1. The Morgan fingerprint density at radius 1 is 1.00 bits per heavy atom. The summed E-state index contributed by atoms with van der Waals surface area (Å²) in [6.07, 6.45) is 0. The maximum Gasteiger partial charge on any atom is 0.0856 e.